The van der Waals surface area contributed by atoms with Crippen LogP contribution in [0.25, 0.3) is 33.3 Å². The first-order valence-electron chi connectivity index (χ1n) is 11.1. The van der Waals surface area contributed by atoms with Crippen LogP contribution in [0.2, 0.25) is 0 Å². The van der Waals surface area contributed by atoms with Crippen LogP contribution in [0.3, 0.4) is 0 Å². The van der Waals surface area contributed by atoms with Crippen molar-refractivity contribution in [3.63, 3.8) is 0 Å². The topological polar surface area (TPSA) is 82.6 Å². The lowest BCUT2D eigenvalue weighted by Gasteiger charge is -2.56. The molecule has 33 heavy (non-hydrogen) atoms. The molecule has 2 saturated heterocycles. The molecule has 0 bridgehead atoms. The molecule has 6 heterocycles. The molecule has 0 aromatic carbocycles. The lowest BCUT2D eigenvalue weighted by molar-refractivity contribution is -0.140. The van der Waals surface area contributed by atoms with Gasteiger partial charge < -0.3 is 15.2 Å². The van der Waals surface area contributed by atoms with Crippen molar-refractivity contribution in [3.05, 3.63) is 42.0 Å². The lowest BCUT2D eigenvalue weighted by atomic mass is 9.74. The Morgan fingerprint density at radius 1 is 1.09 bits per heavy atom. The van der Waals surface area contributed by atoms with Crippen molar-refractivity contribution in [2.24, 2.45) is 5.41 Å². The van der Waals surface area contributed by atoms with E-state index >= 15 is 0 Å². The van der Waals surface area contributed by atoms with Gasteiger partial charge in [-0.15, -0.1) is 0 Å². The van der Waals surface area contributed by atoms with Crippen LogP contribution in [-0.2, 0) is 6.18 Å². The van der Waals surface area contributed by atoms with E-state index in [4.69, 9.17) is 9.97 Å². The molecule has 0 amide bonds. The second kappa shape index (κ2) is 6.40. The number of H-pyrrole nitrogens is 1. The molecular weight excluding hydrogens is 431 g/mol. The van der Waals surface area contributed by atoms with Crippen LogP contribution in [-0.4, -0.2) is 51.1 Å². The van der Waals surface area contributed by atoms with Crippen molar-refractivity contribution >= 4 is 27.8 Å². The highest BCUT2D eigenvalue weighted by molar-refractivity contribution is 5.97. The molecule has 3 aliphatic rings. The van der Waals surface area contributed by atoms with Crippen LogP contribution < -0.4 is 10.2 Å². The van der Waals surface area contributed by atoms with Gasteiger partial charge >= 0.3 is 6.18 Å². The van der Waals surface area contributed by atoms with E-state index in [1.807, 2.05) is 6.20 Å². The fourth-order valence-electron chi connectivity index (χ4n) is 5.13. The minimum absolute atomic E-state index is 0.165. The van der Waals surface area contributed by atoms with Crippen molar-refractivity contribution in [2.75, 3.05) is 31.1 Å². The van der Waals surface area contributed by atoms with Gasteiger partial charge in [0.1, 0.15) is 17.2 Å². The molecule has 1 saturated carbocycles. The van der Waals surface area contributed by atoms with Crippen LogP contribution in [0.15, 0.2) is 30.7 Å². The van der Waals surface area contributed by atoms with E-state index < -0.39 is 11.9 Å². The van der Waals surface area contributed by atoms with E-state index in [0.29, 0.717) is 28.1 Å². The van der Waals surface area contributed by atoms with Gasteiger partial charge in [-0.05, 0) is 36.5 Å². The molecule has 7 rings (SSSR count). The Bertz CT molecular complexity index is 1410. The summed E-state index contributed by atoms with van der Waals surface area (Å²) < 4.78 is 40.0. The number of pyridine rings is 2. The summed E-state index contributed by atoms with van der Waals surface area (Å²) in [7, 11) is 0. The van der Waals surface area contributed by atoms with E-state index in [1.54, 1.807) is 12.3 Å². The third-order valence-corrected chi connectivity index (χ3v) is 7.06. The number of halogens is 3. The lowest BCUT2D eigenvalue weighted by Crippen LogP contribution is -2.71. The molecule has 4 aromatic heterocycles. The summed E-state index contributed by atoms with van der Waals surface area (Å²) in [4.78, 5) is 22.9. The summed E-state index contributed by atoms with van der Waals surface area (Å²) in [5, 5.41) is 4.73. The highest BCUT2D eigenvalue weighted by atomic mass is 19.4. The van der Waals surface area contributed by atoms with Crippen LogP contribution in [0.1, 0.15) is 30.0 Å². The highest BCUT2D eigenvalue weighted by Crippen LogP contribution is 2.47. The normalized spacial score (nSPS) is 19.8. The number of aromatic nitrogens is 5. The quantitative estimate of drug-likeness (QED) is 0.492. The Hall–Kier alpha value is -3.27. The second-order valence-electron chi connectivity index (χ2n) is 9.53. The summed E-state index contributed by atoms with van der Waals surface area (Å²) in [5.74, 6) is 1.72. The van der Waals surface area contributed by atoms with Crippen molar-refractivity contribution < 1.29 is 13.2 Å². The molecular formula is C23H20F3N7. The largest absolute Gasteiger partial charge is 0.431 e. The molecule has 1 aliphatic carbocycles. The Morgan fingerprint density at radius 3 is 2.61 bits per heavy atom. The molecule has 168 valence electrons. The number of nitrogens with zero attached hydrogens (tertiary/aromatic N) is 5. The minimum atomic E-state index is -4.49. The average molecular weight is 451 g/mol. The predicted octanol–water partition coefficient (Wildman–Crippen LogP) is 3.87. The maximum atomic E-state index is 13.3. The SMILES string of the molecule is FC(F)(F)c1cc2c(-c3nc(N4CC5(CNC5)C4)c4c(C5CC5)cncc4n3)ccnc2[nH]1. The fraction of sp³-hybridized carbons (Fsp3) is 0.391. The molecule has 2 aliphatic heterocycles. The van der Waals surface area contributed by atoms with Gasteiger partial charge in [0.15, 0.2) is 5.82 Å². The number of nitrogens with one attached hydrogen (secondary N) is 2. The standard InChI is InChI=1S/C23H20F3N7/c24-23(25,26)17-5-14-13(3-4-29-19(14)31-17)20-30-16-7-27-6-15(12-1-2-12)18(16)21(32-20)33-10-22(11-33)8-28-9-22/h3-7,12,28H,1-2,8-11H2,(H,29,31). The zero-order chi connectivity index (χ0) is 22.4. The summed E-state index contributed by atoms with van der Waals surface area (Å²) in [6, 6.07) is 2.76. The maximum absolute atomic E-state index is 13.3. The molecule has 4 aromatic rings. The van der Waals surface area contributed by atoms with Gasteiger partial charge in [-0.1, -0.05) is 0 Å². The van der Waals surface area contributed by atoms with E-state index in [0.717, 1.165) is 61.8 Å². The fourth-order valence-corrected chi connectivity index (χ4v) is 5.13. The zero-order valence-corrected chi connectivity index (χ0v) is 17.6. The Labute approximate surface area is 186 Å². The van der Waals surface area contributed by atoms with Gasteiger partial charge in [-0.3, -0.25) is 4.98 Å². The third-order valence-electron chi connectivity index (χ3n) is 7.06. The number of alkyl halides is 3. The Balaban J connectivity index is 1.42. The number of hydrogen-bond donors (Lipinski definition) is 2. The predicted molar refractivity (Wildman–Crippen MR) is 117 cm³/mol. The minimum Gasteiger partial charge on any atom is -0.355 e. The summed E-state index contributed by atoms with van der Waals surface area (Å²) in [6.45, 7) is 3.83. The summed E-state index contributed by atoms with van der Waals surface area (Å²) in [5.41, 5.74) is 2.05. The monoisotopic (exact) mass is 451 g/mol. The molecule has 0 radical (unpaired) electrons. The van der Waals surface area contributed by atoms with Gasteiger partial charge in [0, 0.05) is 60.3 Å². The maximum Gasteiger partial charge on any atom is 0.431 e. The Morgan fingerprint density at radius 2 is 1.91 bits per heavy atom. The van der Waals surface area contributed by atoms with Gasteiger partial charge in [0.25, 0.3) is 0 Å². The molecule has 0 unspecified atom stereocenters. The van der Waals surface area contributed by atoms with Crippen LogP contribution in [0.4, 0.5) is 19.0 Å². The van der Waals surface area contributed by atoms with E-state index in [-0.39, 0.29) is 5.65 Å². The first-order valence-corrected chi connectivity index (χ1v) is 11.1. The molecule has 1 spiro atoms. The first kappa shape index (κ1) is 19.2. The van der Waals surface area contributed by atoms with Crippen LogP contribution in [0.5, 0.6) is 0 Å². The van der Waals surface area contributed by atoms with Crippen molar-refractivity contribution in [3.8, 4) is 11.4 Å². The van der Waals surface area contributed by atoms with Crippen LogP contribution >= 0.6 is 0 Å². The molecule has 10 heteroatoms. The number of hydrogen-bond acceptors (Lipinski definition) is 6. The Kier molecular flexibility index (Phi) is 3.73. The molecule has 2 N–H and O–H groups in total. The van der Waals surface area contributed by atoms with Crippen molar-refractivity contribution in [2.45, 2.75) is 24.9 Å². The van der Waals surface area contributed by atoms with Crippen molar-refractivity contribution in [1.82, 2.24) is 30.2 Å². The van der Waals surface area contributed by atoms with Gasteiger partial charge in [-0.2, -0.15) is 13.2 Å². The average Bonchev–Trinajstić information content (AvgIpc) is 3.47. The van der Waals surface area contributed by atoms with E-state index in [1.165, 1.54) is 11.8 Å². The number of aromatic amines is 1. The summed E-state index contributed by atoms with van der Waals surface area (Å²) in [6.07, 6.45) is 2.90. The molecule has 0 atom stereocenters. The zero-order valence-electron chi connectivity index (χ0n) is 17.6. The van der Waals surface area contributed by atoms with Gasteiger partial charge in [-0.25, -0.2) is 15.0 Å². The van der Waals surface area contributed by atoms with E-state index in [2.05, 4.69) is 25.2 Å². The van der Waals surface area contributed by atoms with Crippen LogP contribution in [0, 0.1) is 5.41 Å². The van der Waals surface area contributed by atoms with Gasteiger partial charge in [0.05, 0.1) is 11.7 Å². The second-order valence-corrected chi connectivity index (χ2v) is 9.53. The number of rotatable bonds is 3. The van der Waals surface area contributed by atoms with Gasteiger partial charge in [0.2, 0.25) is 0 Å². The molecule has 3 fully saturated rings. The first-order chi connectivity index (χ1) is 15.9. The van der Waals surface area contributed by atoms with E-state index in [9.17, 15) is 13.2 Å². The van der Waals surface area contributed by atoms with Crippen molar-refractivity contribution in [1.29, 1.82) is 0 Å². The third kappa shape index (κ3) is 2.93. The molecule has 7 nitrogen and oxygen atoms in total. The number of fused-ring (bicyclic) bond motifs is 2. The smallest absolute Gasteiger partial charge is 0.355 e. The highest BCUT2D eigenvalue weighted by Gasteiger charge is 2.48. The summed E-state index contributed by atoms with van der Waals surface area (Å²) >= 11 is 0. The number of anilines is 1.